The second kappa shape index (κ2) is 5.54. The Balaban J connectivity index is 2.84. The summed E-state index contributed by atoms with van der Waals surface area (Å²) in [5, 5.41) is 2.86. The number of nitrogen functional groups attached to an aromatic ring is 1. The van der Waals surface area contributed by atoms with E-state index in [-0.39, 0.29) is 23.2 Å². The molecule has 6 heteroatoms. The van der Waals surface area contributed by atoms with Gasteiger partial charge in [0.05, 0.1) is 5.02 Å². The van der Waals surface area contributed by atoms with Gasteiger partial charge in [0.2, 0.25) is 5.91 Å². The number of hydrogen-bond donors (Lipinski definition) is 3. The first-order valence-electron chi connectivity index (χ1n) is 5.49. The molecule has 4 nitrogen and oxygen atoms in total. The summed E-state index contributed by atoms with van der Waals surface area (Å²) in [6, 6.07) is 3.04. The minimum Gasteiger partial charge on any atom is -0.351 e. The quantitative estimate of drug-likeness (QED) is 0.585. The molecule has 0 unspecified atom stereocenters. The zero-order valence-corrected chi connectivity index (χ0v) is 11.4. The molecule has 4 N–H and O–H groups in total. The number of hydrazine groups is 1. The van der Waals surface area contributed by atoms with E-state index >= 15 is 0 Å². The summed E-state index contributed by atoms with van der Waals surface area (Å²) in [6.45, 7) is 5.45. The average molecular weight is 274 g/mol. The highest BCUT2D eigenvalue weighted by atomic mass is 35.5. The molecule has 0 atom stereocenters. The van der Waals surface area contributed by atoms with Crippen LogP contribution in [0.2, 0.25) is 5.02 Å². The van der Waals surface area contributed by atoms with Crippen molar-refractivity contribution in [3.63, 3.8) is 0 Å². The molecular weight excluding hydrogens is 257 g/mol. The van der Waals surface area contributed by atoms with Crippen LogP contribution in [-0.2, 0) is 11.3 Å². The van der Waals surface area contributed by atoms with Gasteiger partial charge in [0.25, 0.3) is 0 Å². The topological polar surface area (TPSA) is 67.2 Å². The SMILES string of the molecule is CC(C)(C)C(=O)NCc1ccc(Cl)c(NN)c1F. The molecule has 0 bridgehead atoms. The first kappa shape index (κ1) is 14.7. The molecule has 1 amide bonds. The van der Waals surface area contributed by atoms with E-state index in [9.17, 15) is 9.18 Å². The Morgan fingerprint density at radius 3 is 2.56 bits per heavy atom. The molecule has 0 aliphatic carbocycles. The summed E-state index contributed by atoms with van der Waals surface area (Å²) in [7, 11) is 0. The lowest BCUT2D eigenvalue weighted by Gasteiger charge is -2.18. The number of anilines is 1. The maximum Gasteiger partial charge on any atom is 0.225 e. The van der Waals surface area contributed by atoms with E-state index in [1.54, 1.807) is 20.8 Å². The zero-order valence-electron chi connectivity index (χ0n) is 10.6. The lowest BCUT2D eigenvalue weighted by molar-refractivity contribution is -0.128. The van der Waals surface area contributed by atoms with Gasteiger partial charge in [0, 0.05) is 17.5 Å². The van der Waals surface area contributed by atoms with Gasteiger partial charge in [-0.3, -0.25) is 10.6 Å². The van der Waals surface area contributed by atoms with Crippen LogP contribution in [0.5, 0.6) is 0 Å². The van der Waals surface area contributed by atoms with Crippen LogP contribution in [0.1, 0.15) is 26.3 Å². The van der Waals surface area contributed by atoms with Crippen molar-refractivity contribution >= 4 is 23.2 Å². The van der Waals surface area contributed by atoms with Crippen LogP contribution in [0.15, 0.2) is 12.1 Å². The van der Waals surface area contributed by atoms with Crippen LogP contribution in [-0.4, -0.2) is 5.91 Å². The molecule has 0 aliphatic heterocycles. The fraction of sp³-hybridized carbons (Fsp3) is 0.417. The van der Waals surface area contributed by atoms with E-state index in [4.69, 9.17) is 17.4 Å². The van der Waals surface area contributed by atoms with Gasteiger partial charge in [-0.25, -0.2) is 4.39 Å². The molecule has 1 rings (SSSR count). The highest BCUT2D eigenvalue weighted by Gasteiger charge is 2.21. The minimum absolute atomic E-state index is 0.0270. The fourth-order valence-electron chi connectivity index (χ4n) is 1.31. The van der Waals surface area contributed by atoms with Crippen LogP contribution in [0.3, 0.4) is 0 Å². The predicted octanol–water partition coefficient (Wildman–Crippen LogP) is 2.43. The van der Waals surface area contributed by atoms with Crippen LogP contribution in [0.4, 0.5) is 10.1 Å². The van der Waals surface area contributed by atoms with E-state index in [1.165, 1.54) is 12.1 Å². The van der Waals surface area contributed by atoms with Crippen molar-refractivity contribution in [3.8, 4) is 0 Å². The van der Waals surface area contributed by atoms with Crippen molar-refractivity contribution in [3.05, 3.63) is 28.5 Å². The summed E-state index contributed by atoms with van der Waals surface area (Å²) in [4.78, 5) is 11.7. The third kappa shape index (κ3) is 3.34. The van der Waals surface area contributed by atoms with E-state index in [0.717, 1.165) is 0 Å². The van der Waals surface area contributed by atoms with Crippen LogP contribution in [0.25, 0.3) is 0 Å². The van der Waals surface area contributed by atoms with Gasteiger partial charge in [-0.05, 0) is 6.07 Å². The summed E-state index contributed by atoms with van der Waals surface area (Å²) in [6.07, 6.45) is 0. The number of nitrogens with one attached hydrogen (secondary N) is 2. The molecule has 1 aromatic rings. The van der Waals surface area contributed by atoms with E-state index in [1.807, 2.05) is 0 Å². The molecule has 0 saturated carbocycles. The van der Waals surface area contributed by atoms with Gasteiger partial charge in [-0.1, -0.05) is 38.4 Å². The Hall–Kier alpha value is -1.33. The monoisotopic (exact) mass is 273 g/mol. The zero-order chi connectivity index (χ0) is 13.9. The molecule has 100 valence electrons. The number of benzene rings is 1. The van der Waals surface area contributed by atoms with Crippen LogP contribution >= 0.6 is 11.6 Å². The third-order valence-electron chi connectivity index (χ3n) is 2.44. The summed E-state index contributed by atoms with van der Waals surface area (Å²) < 4.78 is 13.9. The number of nitrogens with two attached hydrogens (primary N) is 1. The average Bonchev–Trinajstić information content (AvgIpc) is 2.27. The first-order chi connectivity index (χ1) is 8.27. The van der Waals surface area contributed by atoms with Gasteiger partial charge in [0.15, 0.2) is 5.82 Å². The van der Waals surface area contributed by atoms with Crippen molar-refractivity contribution in [2.24, 2.45) is 11.3 Å². The smallest absolute Gasteiger partial charge is 0.225 e. The van der Waals surface area contributed by atoms with Crippen LogP contribution in [0, 0.1) is 11.2 Å². The van der Waals surface area contributed by atoms with Gasteiger partial charge >= 0.3 is 0 Å². The summed E-state index contributed by atoms with van der Waals surface area (Å²) in [5.41, 5.74) is 2.04. The lowest BCUT2D eigenvalue weighted by atomic mass is 9.95. The number of carbonyl (C=O) groups excluding carboxylic acids is 1. The Labute approximate surface area is 111 Å². The highest BCUT2D eigenvalue weighted by Crippen LogP contribution is 2.26. The molecule has 0 aliphatic rings. The summed E-state index contributed by atoms with van der Waals surface area (Å²) in [5.74, 6) is 4.47. The van der Waals surface area contributed by atoms with E-state index in [2.05, 4.69) is 10.7 Å². The lowest BCUT2D eigenvalue weighted by Crippen LogP contribution is -2.34. The molecule has 0 heterocycles. The minimum atomic E-state index is -0.556. The van der Waals surface area contributed by atoms with Gasteiger partial charge in [-0.15, -0.1) is 0 Å². The second-order valence-electron chi connectivity index (χ2n) is 4.97. The predicted molar refractivity (Wildman–Crippen MR) is 70.5 cm³/mol. The van der Waals surface area contributed by atoms with Crippen molar-refractivity contribution in [2.75, 3.05) is 5.43 Å². The van der Waals surface area contributed by atoms with Crippen molar-refractivity contribution in [1.82, 2.24) is 5.32 Å². The molecule has 0 saturated heterocycles. The largest absolute Gasteiger partial charge is 0.351 e. The molecule has 1 aromatic carbocycles. The van der Waals surface area contributed by atoms with Crippen molar-refractivity contribution in [1.29, 1.82) is 0 Å². The normalized spacial score (nSPS) is 11.2. The number of hydrogen-bond acceptors (Lipinski definition) is 3. The molecule has 0 fully saturated rings. The van der Waals surface area contributed by atoms with E-state index < -0.39 is 11.2 Å². The van der Waals surface area contributed by atoms with Crippen molar-refractivity contribution in [2.45, 2.75) is 27.3 Å². The Kier molecular flexibility index (Phi) is 4.53. The maximum atomic E-state index is 13.9. The molecule has 0 radical (unpaired) electrons. The number of carbonyl (C=O) groups is 1. The highest BCUT2D eigenvalue weighted by molar-refractivity contribution is 6.33. The number of halogens is 2. The third-order valence-corrected chi connectivity index (χ3v) is 2.75. The standard InChI is InChI=1S/C12H17ClFN3O/c1-12(2,3)11(18)16-6-7-4-5-8(13)10(17-15)9(7)14/h4-5,17H,6,15H2,1-3H3,(H,16,18). The molecule has 18 heavy (non-hydrogen) atoms. The van der Waals surface area contributed by atoms with Gasteiger partial charge in [0.1, 0.15) is 5.69 Å². The second-order valence-corrected chi connectivity index (χ2v) is 5.38. The maximum absolute atomic E-state index is 13.9. The Bertz CT molecular complexity index is 457. The van der Waals surface area contributed by atoms with Gasteiger partial charge < -0.3 is 10.7 Å². The fourth-order valence-corrected chi connectivity index (χ4v) is 1.51. The number of rotatable bonds is 3. The Morgan fingerprint density at radius 2 is 2.06 bits per heavy atom. The first-order valence-corrected chi connectivity index (χ1v) is 5.87. The Morgan fingerprint density at radius 1 is 1.44 bits per heavy atom. The molecule has 0 aromatic heterocycles. The van der Waals surface area contributed by atoms with Crippen molar-refractivity contribution < 1.29 is 9.18 Å². The summed E-state index contributed by atoms with van der Waals surface area (Å²) >= 11 is 5.77. The number of amides is 1. The van der Waals surface area contributed by atoms with Gasteiger partial charge in [-0.2, -0.15) is 0 Å². The molecular formula is C12H17ClFN3O. The van der Waals surface area contributed by atoms with E-state index in [0.29, 0.717) is 5.56 Å². The molecule has 0 spiro atoms. The van der Waals surface area contributed by atoms with Crippen LogP contribution < -0.4 is 16.6 Å².